The van der Waals surface area contributed by atoms with E-state index in [4.69, 9.17) is 4.74 Å². The van der Waals surface area contributed by atoms with Crippen molar-refractivity contribution in [2.24, 2.45) is 0 Å². The third-order valence-corrected chi connectivity index (χ3v) is 4.76. The Labute approximate surface area is 133 Å². The molecule has 0 spiro atoms. The lowest BCUT2D eigenvalue weighted by Crippen LogP contribution is -2.15. The summed E-state index contributed by atoms with van der Waals surface area (Å²) in [5, 5.41) is 0.671. The summed E-state index contributed by atoms with van der Waals surface area (Å²) in [6, 6.07) is 0.305. The molecule has 0 amide bonds. The fourth-order valence-corrected chi connectivity index (χ4v) is 3.63. The van der Waals surface area contributed by atoms with Gasteiger partial charge in [-0.15, -0.1) is 0 Å². The SMILES string of the molecule is COc1ncn(C(C)C)c1CSc1nc2c(c(=O)[nH]1)CCC2. The molecule has 0 atom stereocenters. The van der Waals surface area contributed by atoms with Crippen molar-refractivity contribution in [2.75, 3.05) is 7.11 Å². The number of aryl methyl sites for hydroxylation is 1. The number of aromatic nitrogens is 4. The Kier molecular flexibility index (Phi) is 4.24. The molecular formula is C15H20N4O2S. The Balaban J connectivity index is 1.83. The van der Waals surface area contributed by atoms with E-state index in [-0.39, 0.29) is 5.56 Å². The number of aromatic amines is 1. The van der Waals surface area contributed by atoms with Gasteiger partial charge in [0.1, 0.15) is 0 Å². The highest BCUT2D eigenvalue weighted by atomic mass is 32.2. The second kappa shape index (κ2) is 6.16. The minimum atomic E-state index is 0.00864. The quantitative estimate of drug-likeness (QED) is 0.676. The van der Waals surface area contributed by atoms with Crippen molar-refractivity contribution in [1.29, 1.82) is 0 Å². The highest BCUT2D eigenvalue weighted by Gasteiger charge is 2.19. The molecule has 7 heteroatoms. The van der Waals surface area contributed by atoms with Gasteiger partial charge in [0, 0.05) is 17.4 Å². The number of ether oxygens (including phenoxy) is 1. The van der Waals surface area contributed by atoms with Crippen molar-refractivity contribution >= 4 is 11.8 Å². The summed E-state index contributed by atoms with van der Waals surface area (Å²) in [6.07, 6.45) is 4.56. The lowest BCUT2D eigenvalue weighted by molar-refractivity contribution is 0.394. The molecule has 1 aliphatic carbocycles. The van der Waals surface area contributed by atoms with Crippen LogP contribution in [0.4, 0.5) is 0 Å². The maximum absolute atomic E-state index is 12.0. The molecule has 0 radical (unpaired) electrons. The number of methoxy groups -OCH3 is 1. The molecule has 118 valence electrons. The molecule has 0 bridgehead atoms. The first-order valence-corrected chi connectivity index (χ1v) is 8.43. The second-order valence-corrected chi connectivity index (χ2v) is 6.60. The molecule has 0 unspecified atom stereocenters. The zero-order valence-electron chi connectivity index (χ0n) is 13.0. The third-order valence-electron chi connectivity index (χ3n) is 3.87. The maximum Gasteiger partial charge on any atom is 0.254 e. The van der Waals surface area contributed by atoms with Crippen LogP contribution in [0.5, 0.6) is 5.88 Å². The number of fused-ring (bicyclic) bond motifs is 1. The Morgan fingerprint density at radius 1 is 1.45 bits per heavy atom. The summed E-state index contributed by atoms with van der Waals surface area (Å²) in [7, 11) is 1.62. The average Bonchev–Trinajstić information content (AvgIpc) is 3.11. The van der Waals surface area contributed by atoms with Crippen molar-refractivity contribution in [1.82, 2.24) is 19.5 Å². The van der Waals surface area contributed by atoms with Gasteiger partial charge in [-0.25, -0.2) is 9.97 Å². The molecular weight excluding hydrogens is 300 g/mol. The van der Waals surface area contributed by atoms with Gasteiger partial charge in [-0.1, -0.05) is 11.8 Å². The lowest BCUT2D eigenvalue weighted by atomic mass is 10.3. The van der Waals surface area contributed by atoms with Crippen LogP contribution < -0.4 is 10.3 Å². The minimum Gasteiger partial charge on any atom is -0.480 e. The predicted octanol–water partition coefficient (Wildman–Crippen LogP) is 2.34. The number of nitrogens with one attached hydrogen (secondary N) is 1. The van der Waals surface area contributed by atoms with Crippen LogP contribution in [0.25, 0.3) is 0 Å². The Morgan fingerprint density at radius 3 is 3.00 bits per heavy atom. The van der Waals surface area contributed by atoms with Gasteiger partial charge >= 0.3 is 0 Å². The van der Waals surface area contributed by atoms with Gasteiger partial charge < -0.3 is 14.3 Å². The smallest absolute Gasteiger partial charge is 0.254 e. The number of hydrogen-bond donors (Lipinski definition) is 1. The van der Waals surface area contributed by atoms with E-state index in [9.17, 15) is 4.79 Å². The number of imidazole rings is 1. The number of thioether (sulfide) groups is 1. The van der Waals surface area contributed by atoms with E-state index in [0.29, 0.717) is 22.8 Å². The molecule has 0 saturated heterocycles. The molecule has 2 aromatic rings. The number of nitrogens with zero attached hydrogens (tertiary/aromatic N) is 3. The van der Waals surface area contributed by atoms with Gasteiger partial charge in [0.25, 0.3) is 5.56 Å². The molecule has 1 aliphatic rings. The summed E-state index contributed by atoms with van der Waals surface area (Å²) in [5.41, 5.74) is 2.82. The minimum absolute atomic E-state index is 0.00864. The standard InChI is InChI=1S/C15H20N4O2S/c1-9(2)19-8-16-14(21-3)12(19)7-22-15-17-11-6-4-5-10(11)13(20)18-15/h8-9H,4-7H2,1-3H3,(H,17,18,20). The van der Waals surface area contributed by atoms with Crippen LogP contribution in [-0.2, 0) is 18.6 Å². The van der Waals surface area contributed by atoms with E-state index in [1.54, 1.807) is 13.4 Å². The van der Waals surface area contributed by atoms with Gasteiger partial charge in [-0.05, 0) is 33.1 Å². The van der Waals surface area contributed by atoms with Gasteiger partial charge in [0.15, 0.2) is 5.16 Å². The van der Waals surface area contributed by atoms with Crippen LogP contribution in [0.2, 0.25) is 0 Å². The predicted molar refractivity (Wildman–Crippen MR) is 85.6 cm³/mol. The normalized spacial score (nSPS) is 13.6. The van der Waals surface area contributed by atoms with Gasteiger partial charge in [0.05, 0.1) is 24.8 Å². The molecule has 0 aliphatic heterocycles. The fourth-order valence-electron chi connectivity index (χ4n) is 2.75. The largest absolute Gasteiger partial charge is 0.480 e. The van der Waals surface area contributed by atoms with Crippen molar-refractivity contribution in [3.05, 3.63) is 33.6 Å². The summed E-state index contributed by atoms with van der Waals surface area (Å²) >= 11 is 1.51. The van der Waals surface area contributed by atoms with Crippen molar-refractivity contribution < 1.29 is 4.74 Å². The third kappa shape index (κ3) is 2.77. The van der Waals surface area contributed by atoms with Gasteiger partial charge in [-0.3, -0.25) is 4.79 Å². The molecule has 0 fully saturated rings. The van der Waals surface area contributed by atoms with Crippen molar-refractivity contribution in [3.63, 3.8) is 0 Å². The van der Waals surface area contributed by atoms with Crippen LogP contribution >= 0.6 is 11.8 Å². The average molecular weight is 320 g/mol. The number of rotatable bonds is 5. The maximum atomic E-state index is 12.0. The Morgan fingerprint density at radius 2 is 2.27 bits per heavy atom. The van der Waals surface area contributed by atoms with E-state index in [2.05, 4.69) is 33.4 Å². The van der Waals surface area contributed by atoms with Gasteiger partial charge in [-0.2, -0.15) is 0 Å². The topological polar surface area (TPSA) is 72.8 Å². The van der Waals surface area contributed by atoms with Crippen LogP contribution in [0.1, 0.15) is 43.3 Å². The van der Waals surface area contributed by atoms with E-state index >= 15 is 0 Å². The lowest BCUT2D eigenvalue weighted by Gasteiger charge is -2.12. The summed E-state index contributed by atoms with van der Waals surface area (Å²) < 4.78 is 7.41. The van der Waals surface area contributed by atoms with E-state index in [1.165, 1.54) is 11.8 Å². The monoisotopic (exact) mass is 320 g/mol. The van der Waals surface area contributed by atoms with Crippen LogP contribution in [0.15, 0.2) is 16.3 Å². The first-order valence-electron chi connectivity index (χ1n) is 7.44. The Hall–Kier alpha value is -1.76. The summed E-state index contributed by atoms with van der Waals surface area (Å²) in [5.74, 6) is 1.29. The number of hydrogen-bond acceptors (Lipinski definition) is 5. The molecule has 0 saturated carbocycles. The molecule has 0 aromatic carbocycles. The summed E-state index contributed by atoms with van der Waals surface area (Å²) in [6.45, 7) is 4.20. The zero-order valence-corrected chi connectivity index (χ0v) is 13.9. The van der Waals surface area contributed by atoms with Crippen LogP contribution in [-0.4, -0.2) is 26.6 Å². The number of H-pyrrole nitrogens is 1. The molecule has 3 rings (SSSR count). The highest BCUT2D eigenvalue weighted by Crippen LogP contribution is 2.28. The Bertz CT molecular complexity index is 736. The molecule has 22 heavy (non-hydrogen) atoms. The second-order valence-electron chi connectivity index (χ2n) is 5.64. The molecule has 6 nitrogen and oxygen atoms in total. The van der Waals surface area contributed by atoms with E-state index < -0.39 is 0 Å². The van der Waals surface area contributed by atoms with Gasteiger partial charge in [0.2, 0.25) is 5.88 Å². The molecule has 2 aromatic heterocycles. The molecule has 1 N–H and O–H groups in total. The zero-order chi connectivity index (χ0) is 15.7. The first kappa shape index (κ1) is 15.1. The molecule has 2 heterocycles. The van der Waals surface area contributed by atoms with Crippen molar-refractivity contribution in [3.8, 4) is 5.88 Å². The first-order chi connectivity index (χ1) is 10.6. The van der Waals surface area contributed by atoms with E-state index in [0.717, 1.165) is 36.2 Å². The summed E-state index contributed by atoms with van der Waals surface area (Å²) in [4.78, 5) is 23.8. The fraction of sp³-hybridized carbons (Fsp3) is 0.533. The van der Waals surface area contributed by atoms with Crippen LogP contribution in [0.3, 0.4) is 0 Å². The van der Waals surface area contributed by atoms with Crippen molar-refractivity contribution in [2.45, 2.75) is 50.1 Å². The highest BCUT2D eigenvalue weighted by molar-refractivity contribution is 7.98. The van der Waals surface area contributed by atoms with E-state index in [1.807, 2.05) is 0 Å². The van der Waals surface area contributed by atoms with Crippen LogP contribution in [0, 0.1) is 0 Å².